The monoisotopic (exact) mass is 222 g/mol. The number of nitriles is 1. The minimum Gasteiger partial charge on any atom is -0.383 e. The normalized spacial score (nSPS) is 16.8. The highest BCUT2D eigenvalue weighted by molar-refractivity contribution is 7.98. The first-order chi connectivity index (χ1) is 7.27. The van der Waals surface area contributed by atoms with E-state index < -0.39 is 0 Å². The molecule has 0 aliphatic heterocycles. The Morgan fingerprint density at radius 2 is 2.20 bits per heavy atom. The number of hydrogen-bond acceptors (Lipinski definition) is 4. The zero-order chi connectivity index (χ0) is 10.8. The van der Waals surface area contributed by atoms with Gasteiger partial charge in [0.25, 0.3) is 0 Å². The fourth-order valence-corrected chi connectivity index (χ4v) is 2.62. The van der Waals surface area contributed by atoms with E-state index in [-0.39, 0.29) is 0 Å². The van der Waals surface area contributed by atoms with E-state index in [1.165, 1.54) is 24.6 Å². The molecule has 0 saturated heterocycles. The van der Waals surface area contributed by atoms with Crippen LogP contribution in [0, 0.1) is 11.3 Å². The van der Waals surface area contributed by atoms with Gasteiger partial charge >= 0.3 is 0 Å². The Kier molecular flexibility index (Phi) is 2.87. The first-order valence-electron chi connectivity index (χ1n) is 5.10. The molecule has 80 valence electrons. The van der Waals surface area contributed by atoms with Gasteiger partial charge in [-0.25, -0.2) is 4.68 Å². The van der Waals surface area contributed by atoms with E-state index >= 15 is 0 Å². The summed E-state index contributed by atoms with van der Waals surface area (Å²) in [6.07, 6.45) is 6.65. The number of hydrogen-bond donors (Lipinski definition) is 1. The molecule has 4 nitrogen and oxygen atoms in total. The van der Waals surface area contributed by atoms with Crippen LogP contribution in [0.4, 0.5) is 5.82 Å². The minimum atomic E-state index is 0.401. The number of nitrogens with zero attached hydrogens (tertiary/aromatic N) is 3. The lowest BCUT2D eigenvalue weighted by molar-refractivity contribution is 0.466. The van der Waals surface area contributed by atoms with Crippen molar-refractivity contribution in [2.75, 3.05) is 12.0 Å². The van der Waals surface area contributed by atoms with Crippen molar-refractivity contribution in [1.29, 1.82) is 5.26 Å². The second kappa shape index (κ2) is 4.15. The van der Waals surface area contributed by atoms with Crippen molar-refractivity contribution in [3.8, 4) is 6.07 Å². The van der Waals surface area contributed by atoms with Gasteiger partial charge < -0.3 is 5.73 Å². The smallest absolute Gasteiger partial charge is 0.141 e. The number of anilines is 1. The molecular formula is C10H14N4S. The van der Waals surface area contributed by atoms with Gasteiger partial charge in [-0.2, -0.15) is 10.4 Å². The standard InChI is InChI=1S/C10H14N4S/c1-15-10-8(6-11)9(12)14(13-10)7-4-2-3-5-7/h7H,2-5,12H2,1H3. The van der Waals surface area contributed by atoms with E-state index in [9.17, 15) is 0 Å². The largest absolute Gasteiger partial charge is 0.383 e. The Hall–Kier alpha value is -1.15. The fraction of sp³-hybridized carbons (Fsp3) is 0.600. The van der Waals surface area contributed by atoms with Gasteiger partial charge in [-0.15, -0.1) is 11.8 Å². The minimum absolute atomic E-state index is 0.401. The number of nitrogens with two attached hydrogens (primary N) is 1. The first-order valence-corrected chi connectivity index (χ1v) is 6.32. The molecule has 2 N–H and O–H groups in total. The molecule has 1 aromatic heterocycles. The molecule has 15 heavy (non-hydrogen) atoms. The van der Waals surface area contributed by atoms with Crippen molar-refractivity contribution in [3.63, 3.8) is 0 Å². The van der Waals surface area contributed by atoms with Crippen LogP contribution in [0.15, 0.2) is 5.03 Å². The third-order valence-corrected chi connectivity index (χ3v) is 3.56. The van der Waals surface area contributed by atoms with Crippen LogP contribution >= 0.6 is 11.8 Å². The van der Waals surface area contributed by atoms with Crippen LogP contribution in [-0.4, -0.2) is 16.0 Å². The van der Waals surface area contributed by atoms with Gasteiger partial charge in [-0.1, -0.05) is 12.8 Å². The van der Waals surface area contributed by atoms with Crippen molar-refractivity contribution >= 4 is 17.6 Å². The maximum absolute atomic E-state index is 8.99. The summed E-state index contributed by atoms with van der Waals surface area (Å²) in [5, 5.41) is 14.2. The predicted molar refractivity (Wildman–Crippen MR) is 60.6 cm³/mol. The highest BCUT2D eigenvalue weighted by Gasteiger charge is 2.23. The van der Waals surface area contributed by atoms with Gasteiger partial charge in [0, 0.05) is 0 Å². The summed E-state index contributed by atoms with van der Waals surface area (Å²) >= 11 is 1.48. The van der Waals surface area contributed by atoms with Crippen molar-refractivity contribution in [1.82, 2.24) is 9.78 Å². The van der Waals surface area contributed by atoms with Gasteiger partial charge in [-0.3, -0.25) is 0 Å². The molecule has 1 aromatic rings. The highest BCUT2D eigenvalue weighted by Crippen LogP contribution is 2.34. The molecule has 5 heteroatoms. The van der Waals surface area contributed by atoms with Crippen molar-refractivity contribution in [3.05, 3.63) is 5.56 Å². The molecule has 1 aliphatic carbocycles. The van der Waals surface area contributed by atoms with Gasteiger partial charge in [0.15, 0.2) is 0 Å². The second-order valence-corrected chi connectivity index (χ2v) is 4.56. The van der Waals surface area contributed by atoms with Crippen LogP contribution in [0.25, 0.3) is 0 Å². The van der Waals surface area contributed by atoms with Crippen LogP contribution in [0.3, 0.4) is 0 Å². The Labute approximate surface area is 93.4 Å². The average Bonchev–Trinajstić information content (AvgIpc) is 2.84. The van der Waals surface area contributed by atoms with E-state index in [2.05, 4.69) is 11.2 Å². The Bertz CT molecular complexity index is 398. The number of thioether (sulfide) groups is 1. The summed E-state index contributed by atoms with van der Waals surface area (Å²) in [6.45, 7) is 0. The molecule has 1 saturated carbocycles. The summed E-state index contributed by atoms with van der Waals surface area (Å²) in [5.41, 5.74) is 6.47. The SMILES string of the molecule is CSc1nn(C2CCCC2)c(N)c1C#N. The van der Waals surface area contributed by atoms with Crippen molar-refractivity contribution in [2.45, 2.75) is 36.8 Å². The Morgan fingerprint density at radius 1 is 1.53 bits per heavy atom. The van der Waals surface area contributed by atoms with E-state index in [1.807, 2.05) is 10.9 Å². The van der Waals surface area contributed by atoms with E-state index in [1.54, 1.807) is 0 Å². The van der Waals surface area contributed by atoms with Crippen LogP contribution in [0.1, 0.15) is 37.3 Å². The van der Waals surface area contributed by atoms with Crippen LogP contribution in [0.5, 0.6) is 0 Å². The maximum Gasteiger partial charge on any atom is 0.141 e. The predicted octanol–water partition coefficient (Wildman–Crippen LogP) is 2.17. The third-order valence-electron chi connectivity index (χ3n) is 2.89. The summed E-state index contributed by atoms with van der Waals surface area (Å²) in [7, 11) is 0. The molecular weight excluding hydrogens is 208 g/mol. The van der Waals surface area contributed by atoms with Crippen molar-refractivity contribution < 1.29 is 0 Å². The summed E-state index contributed by atoms with van der Waals surface area (Å²) in [4.78, 5) is 0. The quantitative estimate of drug-likeness (QED) is 0.779. The molecule has 0 bridgehead atoms. The Balaban J connectivity index is 2.40. The lowest BCUT2D eigenvalue weighted by Gasteiger charge is -2.10. The topological polar surface area (TPSA) is 67.6 Å². The first kappa shape index (κ1) is 10.4. The summed E-state index contributed by atoms with van der Waals surface area (Å²) in [5.74, 6) is 0.536. The highest BCUT2D eigenvalue weighted by atomic mass is 32.2. The molecule has 0 amide bonds. The van der Waals surface area contributed by atoms with Gasteiger partial charge in [-0.05, 0) is 19.1 Å². The van der Waals surface area contributed by atoms with Crippen LogP contribution < -0.4 is 5.73 Å². The number of nitrogen functional groups attached to an aromatic ring is 1. The van der Waals surface area contributed by atoms with Gasteiger partial charge in [0.05, 0.1) is 6.04 Å². The molecule has 0 unspecified atom stereocenters. The molecule has 2 rings (SSSR count). The molecule has 0 radical (unpaired) electrons. The van der Waals surface area contributed by atoms with Gasteiger partial charge in [0.1, 0.15) is 22.5 Å². The van der Waals surface area contributed by atoms with Crippen LogP contribution in [0.2, 0.25) is 0 Å². The summed E-state index contributed by atoms with van der Waals surface area (Å²) < 4.78 is 1.84. The molecule has 1 aliphatic rings. The Morgan fingerprint density at radius 3 is 2.67 bits per heavy atom. The fourth-order valence-electron chi connectivity index (χ4n) is 2.10. The summed E-state index contributed by atoms with van der Waals surface area (Å²) in [6, 6.07) is 2.53. The maximum atomic E-state index is 8.99. The van der Waals surface area contributed by atoms with Gasteiger partial charge in [0.2, 0.25) is 0 Å². The second-order valence-electron chi connectivity index (χ2n) is 3.76. The third kappa shape index (κ3) is 1.70. The molecule has 0 aromatic carbocycles. The number of rotatable bonds is 2. The zero-order valence-electron chi connectivity index (χ0n) is 8.73. The van der Waals surface area contributed by atoms with Crippen molar-refractivity contribution in [2.24, 2.45) is 0 Å². The van der Waals surface area contributed by atoms with E-state index in [4.69, 9.17) is 11.0 Å². The number of aromatic nitrogens is 2. The molecule has 0 atom stereocenters. The van der Waals surface area contributed by atoms with E-state index in [0.717, 1.165) is 17.9 Å². The molecule has 1 heterocycles. The lowest BCUT2D eigenvalue weighted by atomic mass is 10.2. The lowest BCUT2D eigenvalue weighted by Crippen LogP contribution is -2.10. The van der Waals surface area contributed by atoms with E-state index in [0.29, 0.717) is 17.4 Å². The molecule has 1 fully saturated rings. The van der Waals surface area contributed by atoms with Crippen LogP contribution in [-0.2, 0) is 0 Å². The molecule has 0 spiro atoms. The average molecular weight is 222 g/mol. The zero-order valence-corrected chi connectivity index (χ0v) is 9.55.